The van der Waals surface area contributed by atoms with Gasteiger partial charge in [0.25, 0.3) is 0 Å². The highest BCUT2D eigenvalue weighted by atomic mass is 19.4. The van der Waals surface area contributed by atoms with Crippen LogP contribution in [0.4, 0.5) is 13.2 Å². The summed E-state index contributed by atoms with van der Waals surface area (Å²) in [6, 6.07) is 13.1. The zero-order valence-electron chi connectivity index (χ0n) is 17.9. The molecule has 0 radical (unpaired) electrons. The largest absolute Gasteiger partial charge is 0.416 e. The Bertz CT molecular complexity index is 937. The molecule has 2 aromatic carbocycles. The Hall–Kier alpha value is -2.83. The summed E-state index contributed by atoms with van der Waals surface area (Å²) in [5, 5.41) is 4.17. The molecule has 2 aromatic rings. The molecule has 3 rings (SSSR count). The van der Waals surface area contributed by atoms with Gasteiger partial charge in [-0.15, -0.1) is 0 Å². The van der Waals surface area contributed by atoms with Crippen LogP contribution < -0.4 is 0 Å². The van der Waals surface area contributed by atoms with Crippen LogP contribution in [0, 0.1) is 12.8 Å². The van der Waals surface area contributed by atoms with E-state index in [0.29, 0.717) is 18.4 Å². The van der Waals surface area contributed by atoms with Gasteiger partial charge in [-0.1, -0.05) is 61.0 Å². The molecule has 1 aliphatic rings. The van der Waals surface area contributed by atoms with Crippen molar-refractivity contribution in [2.45, 2.75) is 52.4 Å². The SMILES string of the molecule is Cc1ccc(C2=NOC(CN(Cc3cccc(C(F)(F)F)c3)C(=O)CC(C)C)C2)cc1. The van der Waals surface area contributed by atoms with Crippen LogP contribution in [0.1, 0.15) is 48.9 Å². The normalized spacial score (nSPS) is 16.2. The summed E-state index contributed by atoms with van der Waals surface area (Å²) in [4.78, 5) is 20.0. The van der Waals surface area contributed by atoms with Crippen molar-refractivity contribution in [3.63, 3.8) is 0 Å². The number of alkyl halides is 3. The molecule has 1 atom stereocenters. The van der Waals surface area contributed by atoms with Crippen LogP contribution in [0.25, 0.3) is 0 Å². The predicted molar refractivity (Wildman–Crippen MR) is 114 cm³/mol. The third-order valence-electron chi connectivity index (χ3n) is 5.11. The molecule has 166 valence electrons. The topological polar surface area (TPSA) is 41.9 Å². The lowest BCUT2D eigenvalue weighted by atomic mass is 10.0. The summed E-state index contributed by atoms with van der Waals surface area (Å²) in [5.74, 6) is 0.0279. The molecule has 1 heterocycles. The van der Waals surface area contributed by atoms with Gasteiger partial charge in [0, 0.05) is 19.4 Å². The Morgan fingerprint density at radius 1 is 1.19 bits per heavy atom. The summed E-state index contributed by atoms with van der Waals surface area (Å²) >= 11 is 0. The number of oxime groups is 1. The van der Waals surface area contributed by atoms with Crippen molar-refractivity contribution in [1.82, 2.24) is 4.90 Å². The van der Waals surface area contributed by atoms with Crippen molar-refractivity contribution in [2.24, 2.45) is 11.1 Å². The second-order valence-corrected chi connectivity index (χ2v) is 8.41. The van der Waals surface area contributed by atoms with Gasteiger partial charge >= 0.3 is 6.18 Å². The summed E-state index contributed by atoms with van der Waals surface area (Å²) in [6.45, 7) is 6.23. The van der Waals surface area contributed by atoms with Crippen molar-refractivity contribution in [3.05, 3.63) is 70.8 Å². The molecule has 0 aliphatic carbocycles. The van der Waals surface area contributed by atoms with E-state index in [1.807, 2.05) is 45.0 Å². The number of hydrogen-bond acceptors (Lipinski definition) is 3. The minimum absolute atomic E-state index is 0.0925. The van der Waals surface area contributed by atoms with Crippen LogP contribution in [0.15, 0.2) is 53.7 Å². The number of rotatable bonds is 7. The Kier molecular flexibility index (Phi) is 7.03. The number of nitrogens with zero attached hydrogens (tertiary/aromatic N) is 2. The molecule has 0 saturated heterocycles. The zero-order chi connectivity index (χ0) is 22.6. The van der Waals surface area contributed by atoms with Gasteiger partial charge in [-0.05, 0) is 36.1 Å². The average Bonchev–Trinajstić information content (AvgIpc) is 3.15. The average molecular weight is 432 g/mol. The lowest BCUT2D eigenvalue weighted by molar-refractivity contribution is -0.137. The van der Waals surface area contributed by atoms with E-state index in [1.54, 1.807) is 11.0 Å². The van der Waals surface area contributed by atoms with Crippen LogP contribution in [0.2, 0.25) is 0 Å². The van der Waals surface area contributed by atoms with E-state index in [1.165, 1.54) is 6.07 Å². The van der Waals surface area contributed by atoms with Crippen LogP contribution in [-0.2, 0) is 22.4 Å². The second kappa shape index (κ2) is 9.54. The van der Waals surface area contributed by atoms with E-state index >= 15 is 0 Å². The monoisotopic (exact) mass is 432 g/mol. The van der Waals surface area contributed by atoms with E-state index in [4.69, 9.17) is 4.84 Å². The number of hydrogen-bond donors (Lipinski definition) is 0. The fourth-order valence-corrected chi connectivity index (χ4v) is 3.49. The lowest BCUT2D eigenvalue weighted by Crippen LogP contribution is -2.37. The molecule has 1 amide bonds. The van der Waals surface area contributed by atoms with Crippen molar-refractivity contribution in [1.29, 1.82) is 0 Å². The maximum absolute atomic E-state index is 13.1. The van der Waals surface area contributed by atoms with E-state index in [9.17, 15) is 18.0 Å². The maximum Gasteiger partial charge on any atom is 0.416 e. The first-order chi connectivity index (χ1) is 14.6. The Morgan fingerprint density at radius 3 is 2.55 bits per heavy atom. The molecule has 1 aliphatic heterocycles. The minimum Gasteiger partial charge on any atom is -0.390 e. The molecule has 0 bridgehead atoms. The van der Waals surface area contributed by atoms with E-state index < -0.39 is 11.7 Å². The number of carbonyl (C=O) groups excluding carboxylic acids is 1. The fourth-order valence-electron chi connectivity index (χ4n) is 3.49. The molecule has 0 saturated carbocycles. The Labute approximate surface area is 180 Å². The standard InChI is InChI=1S/C24H27F3N2O2/c1-16(2)11-23(30)29(14-18-5-4-6-20(12-18)24(25,26)27)15-21-13-22(28-31-21)19-9-7-17(3)8-10-19/h4-10,12,16,21H,11,13-15H2,1-3H3. The third kappa shape index (κ3) is 6.32. The lowest BCUT2D eigenvalue weighted by Gasteiger charge is -2.26. The van der Waals surface area contributed by atoms with Gasteiger partial charge in [-0.25, -0.2) is 0 Å². The molecule has 1 unspecified atom stereocenters. The first kappa shape index (κ1) is 22.8. The zero-order valence-corrected chi connectivity index (χ0v) is 17.9. The number of halogens is 3. The molecular formula is C24H27F3N2O2. The quantitative estimate of drug-likeness (QED) is 0.573. The smallest absolute Gasteiger partial charge is 0.390 e. The highest BCUT2D eigenvalue weighted by molar-refractivity contribution is 6.01. The predicted octanol–water partition coefficient (Wildman–Crippen LogP) is 5.58. The van der Waals surface area contributed by atoms with Crippen molar-refractivity contribution in [2.75, 3.05) is 6.54 Å². The van der Waals surface area contributed by atoms with Crippen LogP contribution in [-0.4, -0.2) is 29.2 Å². The van der Waals surface area contributed by atoms with E-state index in [2.05, 4.69) is 5.16 Å². The molecule has 0 fully saturated rings. The highest BCUT2D eigenvalue weighted by Gasteiger charge is 2.31. The summed E-state index contributed by atoms with van der Waals surface area (Å²) in [7, 11) is 0. The van der Waals surface area contributed by atoms with Crippen molar-refractivity contribution >= 4 is 11.6 Å². The number of amides is 1. The summed E-state index contributed by atoms with van der Waals surface area (Å²) < 4.78 is 39.2. The summed E-state index contributed by atoms with van der Waals surface area (Å²) in [6.07, 6.45) is -3.90. The van der Waals surface area contributed by atoms with Crippen LogP contribution >= 0.6 is 0 Å². The minimum atomic E-state index is -4.42. The van der Waals surface area contributed by atoms with Gasteiger partial charge in [-0.3, -0.25) is 4.79 Å². The van der Waals surface area contributed by atoms with Crippen molar-refractivity contribution in [3.8, 4) is 0 Å². The molecule has 0 spiro atoms. The number of benzene rings is 2. The van der Waals surface area contributed by atoms with E-state index in [-0.39, 0.29) is 31.0 Å². The first-order valence-electron chi connectivity index (χ1n) is 10.4. The molecule has 0 aromatic heterocycles. The summed E-state index contributed by atoms with van der Waals surface area (Å²) in [5.41, 5.74) is 2.63. The Morgan fingerprint density at radius 2 is 1.90 bits per heavy atom. The van der Waals surface area contributed by atoms with Crippen LogP contribution in [0.5, 0.6) is 0 Å². The number of carbonyl (C=O) groups is 1. The Balaban J connectivity index is 1.71. The van der Waals surface area contributed by atoms with Gasteiger partial charge in [0.2, 0.25) is 5.91 Å². The number of aryl methyl sites for hydroxylation is 1. The molecule has 0 N–H and O–H groups in total. The molecular weight excluding hydrogens is 405 g/mol. The van der Waals surface area contributed by atoms with Crippen LogP contribution in [0.3, 0.4) is 0 Å². The molecule has 31 heavy (non-hydrogen) atoms. The van der Waals surface area contributed by atoms with Gasteiger partial charge in [0.05, 0.1) is 17.8 Å². The van der Waals surface area contributed by atoms with Gasteiger partial charge in [0.1, 0.15) is 0 Å². The fraction of sp³-hybridized carbons (Fsp3) is 0.417. The van der Waals surface area contributed by atoms with Gasteiger partial charge < -0.3 is 9.74 Å². The van der Waals surface area contributed by atoms with Gasteiger partial charge in [-0.2, -0.15) is 13.2 Å². The van der Waals surface area contributed by atoms with Gasteiger partial charge in [0.15, 0.2) is 6.10 Å². The van der Waals surface area contributed by atoms with E-state index in [0.717, 1.165) is 29.0 Å². The second-order valence-electron chi connectivity index (χ2n) is 8.41. The first-order valence-corrected chi connectivity index (χ1v) is 10.4. The maximum atomic E-state index is 13.1. The molecule has 4 nitrogen and oxygen atoms in total. The van der Waals surface area contributed by atoms with Crippen molar-refractivity contribution < 1.29 is 22.8 Å². The third-order valence-corrected chi connectivity index (χ3v) is 5.11. The molecule has 7 heteroatoms. The highest BCUT2D eigenvalue weighted by Crippen LogP contribution is 2.30.